The van der Waals surface area contributed by atoms with E-state index >= 15 is 0 Å². The molecule has 1 aliphatic rings. The van der Waals surface area contributed by atoms with Crippen LogP contribution in [0.3, 0.4) is 0 Å². The van der Waals surface area contributed by atoms with Gasteiger partial charge in [0.25, 0.3) is 0 Å². The van der Waals surface area contributed by atoms with E-state index < -0.39 is 0 Å². The molecule has 23 heavy (non-hydrogen) atoms. The van der Waals surface area contributed by atoms with Crippen molar-refractivity contribution in [1.29, 1.82) is 0 Å². The highest BCUT2D eigenvalue weighted by atomic mass is 31.0. The smallest absolute Gasteiger partial charge is 0.134 e. The van der Waals surface area contributed by atoms with Crippen molar-refractivity contribution in [2.24, 2.45) is 11.8 Å². The zero-order chi connectivity index (χ0) is 16.7. The third-order valence-corrected chi connectivity index (χ3v) is 5.42. The molecule has 2 nitrogen and oxygen atoms in total. The summed E-state index contributed by atoms with van der Waals surface area (Å²) >= 11 is 0. The van der Waals surface area contributed by atoms with Crippen molar-refractivity contribution in [3.63, 3.8) is 0 Å². The summed E-state index contributed by atoms with van der Waals surface area (Å²) in [6.45, 7) is 8.88. The van der Waals surface area contributed by atoms with E-state index in [-0.39, 0.29) is 5.82 Å². The second kappa shape index (κ2) is 9.59. The highest BCUT2D eigenvalue weighted by Crippen LogP contribution is 2.22. The molecule has 0 radical (unpaired) electrons. The average Bonchev–Trinajstić information content (AvgIpc) is 2.56. The SMILES string of the molecule is CCCC(CC)CN1CCC(COc2ccc(P)c(F)c2)CC1. The second-order valence-electron chi connectivity index (χ2n) is 6.80. The minimum atomic E-state index is -0.219. The molecule has 0 aliphatic carbocycles. The maximum atomic E-state index is 13.5. The van der Waals surface area contributed by atoms with Gasteiger partial charge in [0.2, 0.25) is 0 Å². The minimum Gasteiger partial charge on any atom is -0.493 e. The molecule has 4 heteroatoms. The molecule has 0 N–H and O–H groups in total. The first-order chi connectivity index (χ1) is 11.1. The summed E-state index contributed by atoms with van der Waals surface area (Å²) in [5.74, 6) is 1.87. The first-order valence-corrected chi connectivity index (χ1v) is 9.60. The van der Waals surface area contributed by atoms with Crippen LogP contribution >= 0.6 is 9.24 Å². The van der Waals surface area contributed by atoms with Crippen LogP contribution in [0.1, 0.15) is 46.0 Å². The highest BCUT2D eigenvalue weighted by Gasteiger charge is 2.21. The molecule has 0 amide bonds. The molecule has 1 aliphatic heterocycles. The van der Waals surface area contributed by atoms with Crippen LogP contribution in [0.4, 0.5) is 4.39 Å². The van der Waals surface area contributed by atoms with Crippen molar-refractivity contribution in [2.75, 3.05) is 26.2 Å². The first kappa shape index (κ1) is 18.7. The van der Waals surface area contributed by atoms with Crippen LogP contribution in [0.25, 0.3) is 0 Å². The lowest BCUT2D eigenvalue weighted by Gasteiger charge is -2.34. The number of hydrogen-bond donors (Lipinski definition) is 0. The third kappa shape index (κ3) is 6.04. The van der Waals surface area contributed by atoms with E-state index in [2.05, 4.69) is 28.0 Å². The Morgan fingerprint density at radius 3 is 2.65 bits per heavy atom. The number of halogens is 1. The molecule has 2 unspecified atom stereocenters. The molecule has 1 fully saturated rings. The lowest BCUT2D eigenvalue weighted by Crippen LogP contribution is -2.38. The molecule has 130 valence electrons. The van der Waals surface area contributed by atoms with E-state index in [9.17, 15) is 4.39 Å². The number of likely N-dealkylation sites (tertiary alicyclic amines) is 1. The number of benzene rings is 1. The van der Waals surface area contributed by atoms with E-state index in [4.69, 9.17) is 4.74 Å². The molecule has 0 bridgehead atoms. The van der Waals surface area contributed by atoms with Gasteiger partial charge in [-0.3, -0.25) is 0 Å². The fourth-order valence-corrected chi connectivity index (χ4v) is 3.52. The maximum absolute atomic E-state index is 13.5. The van der Waals surface area contributed by atoms with Crippen molar-refractivity contribution in [3.05, 3.63) is 24.0 Å². The van der Waals surface area contributed by atoms with E-state index in [1.54, 1.807) is 6.07 Å². The summed E-state index contributed by atoms with van der Waals surface area (Å²) in [5, 5.41) is 0.586. The van der Waals surface area contributed by atoms with Gasteiger partial charge in [0.05, 0.1) is 6.61 Å². The molecule has 1 saturated heterocycles. The molecule has 1 aromatic rings. The summed E-state index contributed by atoms with van der Waals surface area (Å²) in [6.07, 6.45) is 6.29. The van der Waals surface area contributed by atoms with Crippen molar-refractivity contribution < 1.29 is 9.13 Å². The fourth-order valence-electron chi connectivity index (χ4n) is 3.35. The van der Waals surface area contributed by atoms with Gasteiger partial charge in [0, 0.05) is 17.9 Å². The summed E-state index contributed by atoms with van der Waals surface area (Å²) in [6, 6.07) is 5.07. The van der Waals surface area contributed by atoms with Crippen LogP contribution in [-0.2, 0) is 0 Å². The van der Waals surface area contributed by atoms with Crippen molar-refractivity contribution in [3.8, 4) is 5.75 Å². The van der Waals surface area contributed by atoms with Gasteiger partial charge in [0.1, 0.15) is 11.6 Å². The summed E-state index contributed by atoms with van der Waals surface area (Å²) < 4.78 is 19.3. The lowest BCUT2D eigenvalue weighted by molar-refractivity contribution is 0.124. The Hall–Kier alpha value is -0.660. The number of ether oxygens (including phenoxy) is 1. The lowest BCUT2D eigenvalue weighted by atomic mass is 9.95. The molecule has 0 saturated carbocycles. The summed E-state index contributed by atoms with van der Waals surface area (Å²) in [7, 11) is 2.39. The van der Waals surface area contributed by atoms with Crippen LogP contribution in [0.5, 0.6) is 5.75 Å². The molecule has 1 heterocycles. The zero-order valence-corrected chi connectivity index (χ0v) is 15.7. The third-order valence-electron chi connectivity index (χ3n) is 4.96. The number of rotatable bonds is 8. The Labute approximate surface area is 143 Å². The number of hydrogen-bond acceptors (Lipinski definition) is 2. The van der Waals surface area contributed by atoms with Crippen LogP contribution in [0, 0.1) is 17.7 Å². The van der Waals surface area contributed by atoms with Gasteiger partial charge in [-0.25, -0.2) is 4.39 Å². The van der Waals surface area contributed by atoms with E-state index in [1.165, 1.54) is 57.8 Å². The quantitative estimate of drug-likeness (QED) is 0.657. The van der Waals surface area contributed by atoms with Gasteiger partial charge in [-0.05, 0) is 56.3 Å². The Bertz CT molecular complexity index is 474. The van der Waals surface area contributed by atoms with Gasteiger partial charge < -0.3 is 9.64 Å². The van der Waals surface area contributed by atoms with Gasteiger partial charge in [-0.2, -0.15) is 0 Å². The summed E-state index contributed by atoms with van der Waals surface area (Å²) in [5.41, 5.74) is 0. The van der Waals surface area contributed by atoms with Crippen LogP contribution < -0.4 is 10.0 Å². The first-order valence-electron chi connectivity index (χ1n) is 9.02. The van der Waals surface area contributed by atoms with E-state index in [1.807, 2.05) is 6.07 Å². The highest BCUT2D eigenvalue weighted by molar-refractivity contribution is 7.27. The predicted octanol–water partition coefficient (Wildman–Crippen LogP) is 4.24. The van der Waals surface area contributed by atoms with Crippen molar-refractivity contribution in [2.45, 2.75) is 46.0 Å². The normalized spacial score (nSPS) is 18.1. The molecule has 0 spiro atoms. The van der Waals surface area contributed by atoms with Crippen LogP contribution in [-0.4, -0.2) is 31.1 Å². The van der Waals surface area contributed by atoms with E-state index in [0.29, 0.717) is 23.6 Å². The Balaban J connectivity index is 1.71. The molecular formula is C19H31FNOP. The van der Waals surface area contributed by atoms with Crippen LogP contribution in [0.15, 0.2) is 18.2 Å². The minimum absolute atomic E-state index is 0.219. The standard InChI is InChI=1S/C19H31FNOP/c1-3-5-15(4-2)13-21-10-8-16(9-11-21)14-22-17-6-7-19(23)18(20)12-17/h6-7,12,15-16H,3-5,8-11,13-14,23H2,1-2H3. The van der Waals surface area contributed by atoms with E-state index in [0.717, 1.165) is 5.92 Å². The monoisotopic (exact) mass is 339 g/mol. The summed E-state index contributed by atoms with van der Waals surface area (Å²) in [4.78, 5) is 2.61. The van der Waals surface area contributed by atoms with Gasteiger partial charge >= 0.3 is 0 Å². The maximum Gasteiger partial charge on any atom is 0.134 e. The van der Waals surface area contributed by atoms with Crippen molar-refractivity contribution >= 4 is 14.5 Å². The topological polar surface area (TPSA) is 12.5 Å². The average molecular weight is 339 g/mol. The Morgan fingerprint density at radius 2 is 2.04 bits per heavy atom. The fraction of sp³-hybridized carbons (Fsp3) is 0.684. The van der Waals surface area contributed by atoms with Gasteiger partial charge in [-0.15, -0.1) is 9.24 Å². The molecule has 1 aromatic carbocycles. The molecule has 2 rings (SSSR count). The molecule has 0 aromatic heterocycles. The van der Waals surface area contributed by atoms with Gasteiger partial charge in [-0.1, -0.05) is 26.7 Å². The number of nitrogens with zero attached hydrogens (tertiary/aromatic N) is 1. The Morgan fingerprint density at radius 1 is 1.30 bits per heavy atom. The van der Waals surface area contributed by atoms with Gasteiger partial charge in [0.15, 0.2) is 0 Å². The number of piperidine rings is 1. The zero-order valence-electron chi connectivity index (χ0n) is 14.6. The predicted molar refractivity (Wildman–Crippen MR) is 99.1 cm³/mol. The van der Waals surface area contributed by atoms with Crippen molar-refractivity contribution in [1.82, 2.24) is 4.90 Å². The Kier molecular flexibility index (Phi) is 7.79. The second-order valence-corrected chi connectivity index (χ2v) is 7.42. The largest absolute Gasteiger partial charge is 0.493 e. The molecule has 2 atom stereocenters. The molecular weight excluding hydrogens is 308 g/mol. The van der Waals surface area contributed by atoms with Crippen LogP contribution in [0.2, 0.25) is 0 Å².